The molecule has 0 spiro atoms. The van der Waals surface area contributed by atoms with E-state index in [-0.39, 0.29) is 6.61 Å². The van der Waals surface area contributed by atoms with Crippen molar-refractivity contribution in [2.75, 3.05) is 19.8 Å². The van der Waals surface area contributed by atoms with Crippen LogP contribution >= 0.6 is 0 Å². The van der Waals surface area contributed by atoms with E-state index in [4.69, 9.17) is 18.9 Å². The van der Waals surface area contributed by atoms with E-state index < -0.39 is 74.6 Å². The minimum absolute atomic E-state index is 0.183. The molecule has 2 saturated heterocycles. The Morgan fingerprint density at radius 2 is 1.28 bits per heavy atom. The Labute approximate surface area is 143 Å². The first kappa shape index (κ1) is 20.9. The summed E-state index contributed by atoms with van der Waals surface area (Å²) in [5.74, 6) is 0. The maximum absolute atomic E-state index is 10.3. The third-order valence-corrected chi connectivity index (χ3v) is 4.29. The van der Waals surface area contributed by atoms with E-state index in [9.17, 15) is 35.7 Å². The van der Waals surface area contributed by atoms with Gasteiger partial charge in [0.2, 0.25) is 0 Å². The molecule has 0 aromatic rings. The largest absolute Gasteiger partial charge is 0.394 e. The molecule has 0 bridgehead atoms. The molecule has 25 heavy (non-hydrogen) atoms. The lowest BCUT2D eigenvalue weighted by atomic mass is 9.97. The van der Waals surface area contributed by atoms with Gasteiger partial charge in [0.1, 0.15) is 48.8 Å². The van der Waals surface area contributed by atoms with Crippen LogP contribution in [0.15, 0.2) is 0 Å². The predicted octanol–water partition coefficient (Wildman–Crippen LogP) is -4.35. The van der Waals surface area contributed by atoms with Gasteiger partial charge >= 0.3 is 0 Å². The van der Waals surface area contributed by atoms with E-state index in [1.165, 1.54) is 0 Å². The molecular formula is C14H26O11. The SMILES string of the molecule is CCO[C@@H]1O[C@H](CO)[C@H](O)[C@H](O[C@H]2O[C@H](CO)[C@H](O)[C@H](O)[C@H]2O)[C@H]1O. The quantitative estimate of drug-likeness (QED) is 0.240. The summed E-state index contributed by atoms with van der Waals surface area (Å²) in [5.41, 5.74) is 0. The van der Waals surface area contributed by atoms with Gasteiger partial charge in [-0.15, -0.1) is 0 Å². The zero-order valence-corrected chi connectivity index (χ0v) is 13.7. The molecule has 0 radical (unpaired) electrons. The highest BCUT2D eigenvalue weighted by Crippen LogP contribution is 2.29. The molecule has 0 aromatic carbocycles. The highest BCUT2D eigenvalue weighted by atomic mass is 16.7. The molecule has 0 amide bonds. The summed E-state index contributed by atoms with van der Waals surface area (Å²) in [6.07, 6.45) is -14.3. The number of hydrogen-bond acceptors (Lipinski definition) is 11. The number of aliphatic hydroxyl groups is 7. The fraction of sp³-hybridized carbons (Fsp3) is 1.00. The standard InChI is InChI=1S/C14H26O11/c1-2-22-13-11(21)12(8(18)6(4-16)23-13)25-14-10(20)9(19)7(17)5(3-15)24-14/h5-21H,2-4H2,1H3/t5-,6-,7+,8+,9+,10-,11-,12+,13-,14-/m1/s1. The Morgan fingerprint density at radius 3 is 1.84 bits per heavy atom. The molecule has 148 valence electrons. The first-order valence-electron chi connectivity index (χ1n) is 8.05. The third kappa shape index (κ3) is 4.28. The summed E-state index contributed by atoms with van der Waals surface area (Å²) in [6, 6.07) is 0. The monoisotopic (exact) mass is 370 g/mol. The van der Waals surface area contributed by atoms with Crippen LogP contribution in [0.5, 0.6) is 0 Å². The highest BCUT2D eigenvalue weighted by molar-refractivity contribution is 4.94. The van der Waals surface area contributed by atoms with Gasteiger partial charge < -0.3 is 54.7 Å². The van der Waals surface area contributed by atoms with Crippen molar-refractivity contribution in [1.29, 1.82) is 0 Å². The lowest BCUT2D eigenvalue weighted by Gasteiger charge is -2.45. The summed E-state index contributed by atoms with van der Waals surface area (Å²) in [6.45, 7) is 0.613. The molecule has 0 saturated carbocycles. The Bertz CT molecular complexity index is 408. The van der Waals surface area contributed by atoms with Crippen LogP contribution in [0.1, 0.15) is 6.92 Å². The van der Waals surface area contributed by atoms with Crippen molar-refractivity contribution < 1.29 is 54.7 Å². The van der Waals surface area contributed by atoms with Gasteiger partial charge in [-0.3, -0.25) is 0 Å². The van der Waals surface area contributed by atoms with Crippen LogP contribution in [-0.2, 0) is 18.9 Å². The average molecular weight is 370 g/mol. The van der Waals surface area contributed by atoms with E-state index in [2.05, 4.69) is 0 Å². The van der Waals surface area contributed by atoms with Gasteiger partial charge in [-0.1, -0.05) is 0 Å². The lowest BCUT2D eigenvalue weighted by Crippen LogP contribution is -2.64. The molecule has 7 N–H and O–H groups in total. The molecule has 2 heterocycles. The highest BCUT2D eigenvalue weighted by Gasteiger charge is 2.50. The average Bonchev–Trinajstić information content (AvgIpc) is 2.60. The second-order valence-electron chi connectivity index (χ2n) is 5.96. The molecule has 10 atom stereocenters. The van der Waals surface area contributed by atoms with Crippen LogP contribution in [0.4, 0.5) is 0 Å². The van der Waals surface area contributed by atoms with Gasteiger partial charge in [0.25, 0.3) is 0 Å². The smallest absolute Gasteiger partial charge is 0.187 e. The van der Waals surface area contributed by atoms with Crippen LogP contribution in [0.2, 0.25) is 0 Å². The summed E-state index contributed by atoms with van der Waals surface area (Å²) < 4.78 is 21.0. The topological polar surface area (TPSA) is 179 Å². The van der Waals surface area contributed by atoms with E-state index in [1.54, 1.807) is 6.92 Å². The van der Waals surface area contributed by atoms with Crippen molar-refractivity contribution in [2.45, 2.75) is 68.3 Å². The van der Waals surface area contributed by atoms with Gasteiger partial charge in [-0.2, -0.15) is 0 Å². The van der Waals surface area contributed by atoms with Crippen molar-refractivity contribution in [2.24, 2.45) is 0 Å². The van der Waals surface area contributed by atoms with Gasteiger partial charge in [-0.25, -0.2) is 0 Å². The second kappa shape index (κ2) is 8.97. The van der Waals surface area contributed by atoms with E-state index in [0.29, 0.717) is 0 Å². The maximum atomic E-state index is 10.3. The first-order valence-corrected chi connectivity index (χ1v) is 8.05. The summed E-state index contributed by atoms with van der Waals surface area (Å²) in [4.78, 5) is 0. The molecule has 2 aliphatic heterocycles. The van der Waals surface area contributed by atoms with E-state index in [1.807, 2.05) is 0 Å². The lowest BCUT2D eigenvalue weighted by molar-refractivity contribution is -0.359. The van der Waals surface area contributed by atoms with Gasteiger partial charge in [-0.05, 0) is 6.92 Å². The minimum Gasteiger partial charge on any atom is -0.394 e. The fourth-order valence-electron chi connectivity index (χ4n) is 2.85. The second-order valence-corrected chi connectivity index (χ2v) is 5.96. The van der Waals surface area contributed by atoms with Crippen molar-refractivity contribution in [3.05, 3.63) is 0 Å². The molecule has 0 aromatic heterocycles. The minimum atomic E-state index is -1.70. The van der Waals surface area contributed by atoms with Crippen molar-refractivity contribution in [3.63, 3.8) is 0 Å². The van der Waals surface area contributed by atoms with Crippen LogP contribution in [-0.4, -0.2) is 117 Å². The molecule has 0 aliphatic carbocycles. The van der Waals surface area contributed by atoms with Crippen LogP contribution in [0.3, 0.4) is 0 Å². The van der Waals surface area contributed by atoms with Crippen LogP contribution in [0.25, 0.3) is 0 Å². The molecule has 2 rings (SSSR count). The molecular weight excluding hydrogens is 344 g/mol. The van der Waals surface area contributed by atoms with Gasteiger partial charge in [0, 0.05) is 6.61 Å². The van der Waals surface area contributed by atoms with E-state index >= 15 is 0 Å². The Morgan fingerprint density at radius 1 is 0.720 bits per heavy atom. The summed E-state index contributed by atoms with van der Waals surface area (Å²) >= 11 is 0. The number of rotatable bonds is 6. The van der Waals surface area contributed by atoms with E-state index in [0.717, 1.165) is 0 Å². The maximum Gasteiger partial charge on any atom is 0.187 e. The normalized spacial score (nSPS) is 48.5. The number of hydrogen-bond donors (Lipinski definition) is 7. The summed E-state index contributed by atoms with van der Waals surface area (Å²) in [5, 5.41) is 68.5. The number of ether oxygens (including phenoxy) is 4. The predicted molar refractivity (Wildman–Crippen MR) is 78.0 cm³/mol. The molecule has 11 heteroatoms. The molecule has 2 fully saturated rings. The van der Waals surface area contributed by atoms with Crippen molar-refractivity contribution in [1.82, 2.24) is 0 Å². The molecule has 0 unspecified atom stereocenters. The van der Waals surface area contributed by atoms with Gasteiger partial charge in [0.15, 0.2) is 12.6 Å². The Balaban J connectivity index is 2.14. The third-order valence-electron chi connectivity index (χ3n) is 4.29. The number of aliphatic hydroxyl groups excluding tert-OH is 7. The first-order chi connectivity index (χ1) is 11.8. The fourth-order valence-corrected chi connectivity index (χ4v) is 2.85. The van der Waals surface area contributed by atoms with Crippen molar-refractivity contribution in [3.8, 4) is 0 Å². The zero-order valence-electron chi connectivity index (χ0n) is 13.7. The van der Waals surface area contributed by atoms with Gasteiger partial charge in [0.05, 0.1) is 13.2 Å². The Kier molecular flexibility index (Phi) is 7.49. The van der Waals surface area contributed by atoms with Crippen LogP contribution in [0, 0.1) is 0 Å². The molecule has 11 nitrogen and oxygen atoms in total. The summed E-state index contributed by atoms with van der Waals surface area (Å²) in [7, 11) is 0. The zero-order chi connectivity index (χ0) is 18.7. The molecule has 2 aliphatic rings. The van der Waals surface area contributed by atoms with Crippen LogP contribution < -0.4 is 0 Å². The van der Waals surface area contributed by atoms with Crippen molar-refractivity contribution >= 4 is 0 Å². The Hall–Kier alpha value is -0.440.